The molecule has 0 saturated heterocycles. The third-order valence-electron chi connectivity index (χ3n) is 3.88. The maximum atomic E-state index is 12.4. The molecule has 1 amide bonds. The Bertz CT molecular complexity index is 676. The van der Waals surface area contributed by atoms with E-state index >= 15 is 0 Å². The Hall–Kier alpha value is -1.82. The van der Waals surface area contributed by atoms with Gasteiger partial charge in [0.15, 0.2) is 0 Å². The molecule has 0 saturated carbocycles. The van der Waals surface area contributed by atoms with Gasteiger partial charge in [0, 0.05) is 24.0 Å². The standard InChI is InChI=1S/C15H22ClN5O/c1-6-20-11(4)14(10(3)19-20)9(2)18-15(22)12(5)21-8-13(16)7-17-21/h7-9,12H,6H2,1-5H3,(H,18,22)/t9-,12-/m0/s1. The van der Waals surface area contributed by atoms with Crippen LogP contribution in [0.5, 0.6) is 0 Å². The summed E-state index contributed by atoms with van der Waals surface area (Å²) in [5.74, 6) is -0.102. The van der Waals surface area contributed by atoms with Crippen LogP contribution >= 0.6 is 11.6 Å². The van der Waals surface area contributed by atoms with Crippen LogP contribution in [0, 0.1) is 13.8 Å². The van der Waals surface area contributed by atoms with Crippen molar-refractivity contribution in [2.45, 2.75) is 53.2 Å². The minimum absolute atomic E-state index is 0.102. The number of aryl methyl sites for hydroxylation is 2. The Morgan fingerprint density at radius 3 is 2.59 bits per heavy atom. The second kappa shape index (κ2) is 6.52. The van der Waals surface area contributed by atoms with Crippen LogP contribution in [0.1, 0.15) is 49.8 Å². The van der Waals surface area contributed by atoms with Crippen molar-refractivity contribution >= 4 is 17.5 Å². The summed E-state index contributed by atoms with van der Waals surface area (Å²) >= 11 is 5.85. The fraction of sp³-hybridized carbons (Fsp3) is 0.533. The molecule has 0 aliphatic rings. The van der Waals surface area contributed by atoms with Gasteiger partial charge in [-0.05, 0) is 34.6 Å². The molecule has 6 nitrogen and oxygen atoms in total. The van der Waals surface area contributed by atoms with Crippen molar-refractivity contribution in [3.05, 3.63) is 34.4 Å². The lowest BCUT2D eigenvalue weighted by Gasteiger charge is -2.18. The Balaban J connectivity index is 2.13. The van der Waals surface area contributed by atoms with Crippen LogP contribution in [0.3, 0.4) is 0 Å². The summed E-state index contributed by atoms with van der Waals surface area (Å²) in [5.41, 5.74) is 3.10. The molecular formula is C15H22ClN5O. The number of nitrogens with zero attached hydrogens (tertiary/aromatic N) is 4. The van der Waals surface area contributed by atoms with Gasteiger partial charge < -0.3 is 5.32 Å². The van der Waals surface area contributed by atoms with Gasteiger partial charge in [-0.15, -0.1) is 0 Å². The lowest BCUT2D eigenvalue weighted by atomic mass is 10.1. The van der Waals surface area contributed by atoms with Crippen LogP contribution in [0.2, 0.25) is 5.02 Å². The van der Waals surface area contributed by atoms with E-state index in [4.69, 9.17) is 11.6 Å². The molecule has 0 fully saturated rings. The zero-order valence-electron chi connectivity index (χ0n) is 13.6. The number of nitrogens with one attached hydrogen (secondary N) is 1. The molecular weight excluding hydrogens is 302 g/mol. The maximum absolute atomic E-state index is 12.4. The molecule has 0 spiro atoms. The van der Waals surface area contributed by atoms with Gasteiger partial charge >= 0.3 is 0 Å². The molecule has 2 aromatic rings. The number of aromatic nitrogens is 4. The van der Waals surface area contributed by atoms with Crippen LogP contribution < -0.4 is 5.32 Å². The van der Waals surface area contributed by atoms with Crippen LogP contribution in [-0.4, -0.2) is 25.5 Å². The van der Waals surface area contributed by atoms with E-state index in [1.165, 1.54) is 6.20 Å². The van der Waals surface area contributed by atoms with E-state index in [0.29, 0.717) is 5.02 Å². The molecule has 7 heteroatoms. The summed E-state index contributed by atoms with van der Waals surface area (Å²) < 4.78 is 3.50. The van der Waals surface area contributed by atoms with Gasteiger partial charge in [0.25, 0.3) is 0 Å². The summed E-state index contributed by atoms with van der Waals surface area (Å²) in [5, 5.41) is 12.1. The number of carbonyl (C=O) groups is 1. The van der Waals surface area contributed by atoms with Crippen molar-refractivity contribution in [1.82, 2.24) is 24.9 Å². The molecule has 1 N–H and O–H groups in total. The minimum Gasteiger partial charge on any atom is -0.348 e. The van der Waals surface area contributed by atoms with E-state index in [0.717, 1.165) is 23.5 Å². The summed E-state index contributed by atoms with van der Waals surface area (Å²) in [4.78, 5) is 12.4. The normalized spacial score (nSPS) is 13.9. The molecule has 0 bridgehead atoms. The van der Waals surface area contributed by atoms with Gasteiger partial charge in [-0.2, -0.15) is 10.2 Å². The van der Waals surface area contributed by atoms with Gasteiger partial charge in [0.2, 0.25) is 5.91 Å². The number of hydrogen-bond acceptors (Lipinski definition) is 3. The number of amides is 1. The van der Waals surface area contributed by atoms with Gasteiger partial charge in [-0.3, -0.25) is 14.2 Å². The Labute approximate surface area is 135 Å². The minimum atomic E-state index is -0.420. The Morgan fingerprint density at radius 1 is 1.41 bits per heavy atom. The monoisotopic (exact) mass is 323 g/mol. The number of halogens is 1. The highest BCUT2D eigenvalue weighted by molar-refractivity contribution is 6.30. The first-order valence-electron chi connectivity index (χ1n) is 7.39. The smallest absolute Gasteiger partial charge is 0.245 e. The van der Waals surface area contributed by atoms with E-state index in [1.807, 2.05) is 25.5 Å². The lowest BCUT2D eigenvalue weighted by Crippen LogP contribution is -2.33. The van der Waals surface area contributed by atoms with Crippen molar-refractivity contribution in [2.24, 2.45) is 0 Å². The molecule has 2 atom stereocenters. The zero-order chi connectivity index (χ0) is 16.4. The van der Waals surface area contributed by atoms with Crippen molar-refractivity contribution in [3.8, 4) is 0 Å². The molecule has 2 rings (SSSR count). The molecule has 2 aromatic heterocycles. The van der Waals surface area contributed by atoms with Crippen molar-refractivity contribution < 1.29 is 4.79 Å². The molecule has 0 aromatic carbocycles. The van der Waals surface area contributed by atoms with E-state index in [-0.39, 0.29) is 11.9 Å². The summed E-state index contributed by atoms with van der Waals surface area (Å²) in [6, 6.07) is -0.530. The third kappa shape index (κ3) is 3.16. The maximum Gasteiger partial charge on any atom is 0.245 e. The van der Waals surface area contributed by atoms with Crippen LogP contribution in [-0.2, 0) is 11.3 Å². The van der Waals surface area contributed by atoms with Crippen LogP contribution in [0.4, 0.5) is 0 Å². The highest BCUT2D eigenvalue weighted by Crippen LogP contribution is 2.22. The molecule has 22 heavy (non-hydrogen) atoms. The van der Waals surface area contributed by atoms with Gasteiger partial charge in [0.1, 0.15) is 6.04 Å². The van der Waals surface area contributed by atoms with E-state index in [9.17, 15) is 4.79 Å². The first-order chi connectivity index (χ1) is 10.3. The average Bonchev–Trinajstić information content (AvgIpc) is 3.01. The highest BCUT2D eigenvalue weighted by Gasteiger charge is 2.22. The second-order valence-corrected chi connectivity index (χ2v) is 5.88. The van der Waals surface area contributed by atoms with E-state index in [1.54, 1.807) is 17.8 Å². The fourth-order valence-electron chi connectivity index (χ4n) is 2.70. The van der Waals surface area contributed by atoms with Gasteiger partial charge in [-0.25, -0.2) is 0 Å². The first-order valence-corrected chi connectivity index (χ1v) is 7.76. The number of hydrogen-bond donors (Lipinski definition) is 1. The number of carbonyl (C=O) groups excluding carboxylic acids is 1. The van der Waals surface area contributed by atoms with Crippen molar-refractivity contribution in [2.75, 3.05) is 0 Å². The topological polar surface area (TPSA) is 64.7 Å². The third-order valence-corrected chi connectivity index (χ3v) is 4.07. The van der Waals surface area contributed by atoms with Crippen LogP contribution in [0.25, 0.3) is 0 Å². The van der Waals surface area contributed by atoms with Crippen molar-refractivity contribution in [1.29, 1.82) is 0 Å². The van der Waals surface area contributed by atoms with Crippen LogP contribution in [0.15, 0.2) is 12.4 Å². The average molecular weight is 324 g/mol. The van der Waals surface area contributed by atoms with Gasteiger partial charge in [0.05, 0.1) is 23.0 Å². The summed E-state index contributed by atoms with van der Waals surface area (Å²) in [6.07, 6.45) is 3.16. The predicted molar refractivity (Wildman–Crippen MR) is 85.9 cm³/mol. The lowest BCUT2D eigenvalue weighted by molar-refractivity contribution is -0.124. The molecule has 0 aliphatic heterocycles. The number of rotatable bonds is 5. The Morgan fingerprint density at radius 2 is 2.09 bits per heavy atom. The highest BCUT2D eigenvalue weighted by atomic mass is 35.5. The van der Waals surface area contributed by atoms with E-state index in [2.05, 4.69) is 22.4 Å². The summed E-state index contributed by atoms with van der Waals surface area (Å²) in [7, 11) is 0. The fourth-order valence-corrected chi connectivity index (χ4v) is 2.84. The quantitative estimate of drug-likeness (QED) is 0.920. The van der Waals surface area contributed by atoms with Crippen molar-refractivity contribution in [3.63, 3.8) is 0 Å². The SMILES string of the molecule is CCn1nc(C)c([C@H](C)NC(=O)[C@H](C)n2cc(Cl)cn2)c1C. The molecule has 2 heterocycles. The molecule has 0 radical (unpaired) electrons. The van der Waals surface area contributed by atoms with E-state index < -0.39 is 6.04 Å². The first kappa shape index (κ1) is 16.5. The molecule has 120 valence electrons. The molecule has 0 unspecified atom stereocenters. The second-order valence-electron chi connectivity index (χ2n) is 5.45. The zero-order valence-corrected chi connectivity index (χ0v) is 14.3. The molecule has 0 aliphatic carbocycles. The van der Waals surface area contributed by atoms with Gasteiger partial charge in [-0.1, -0.05) is 11.6 Å². The largest absolute Gasteiger partial charge is 0.348 e. The summed E-state index contributed by atoms with van der Waals surface area (Å²) in [6.45, 7) is 10.6. The predicted octanol–water partition coefficient (Wildman–Crippen LogP) is 2.81. The Kier molecular flexibility index (Phi) is 4.90.